The Balaban J connectivity index is 2.77. The fourth-order valence-electron chi connectivity index (χ4n) is 0.912. The highest BCUT2D eigenvalue weighted by molar-refractivity contribution is 9.10. The second kappa shape index (κ2) is 3.36. The topological polar surface area (TPSA) is 21.1 Å². The molecule has 0 aliphatic rings. The van der Waals surface area contributed by atoms with Gasteiger partial charge >= 0.3 is 0 Å². The van der Waals surface area contributed by atoms with Crippen LogP contribution >= 0.6 is 15.9 Å². The zero-order valence-corrected chi connectivity index (χ0v) is 8.59. The molecule has 0 atom stereocenters. The van der Waals surface area contributed by atoms with Crippen molar-refractivity contribution in [3.8, 4) is 0 Å². The minimum absolute atomic E-state index is 0.876. The van der Waals surface area contributed by atoms with Gasteiger partial charge in [0.15, 0.2) is 0 Å². The van der Waals surface area contributed by atoms with Crippen LogP contribution in [0.3, 0.4) is 0 Å². The van der Waals surface area contributed by atoms with Crippen molar-refractivity contribution in [2.24, 2.45) is 7.05 Å². The van der Waals surface area contributed by atoms with E-state index in [1.54, 1.807) is 0 Å². The van der Waals surface area contributed by atoms with Gasteiger partial charge in [0.1, 0.15) is 0 Å². The van der Waals surface area contributed by atoms with Gasteiger partial charge in [0.2, 0.25) is 0 Å². The third kappa shape index (κ3) is 2.31. The number of rotatable bonds is 2. The van der Waals surface area contributed by atoms with E-state index in [2.05, 4.69) is 25.9 Å². The number of nitrogens with zero attached hydrogens (tertiary/aromatic N) is 3. The van der Waals surface area contributed by atoms with Gasteiger partial charge < -0.3 is 4.90 Å². The van der Waals surface area contributed by atoms with Crippen LogP contribution in [0.5, 0.6) is 0 Å². The Morgan fingerprint density at radius 1 is 1.64 bits per heavy atom. The van der Waals surface area contributed by atoms with Crippen molar-refractivity contribution in [1.29, 1.82) is 0 Å². The first-order valence-electron chi connectivity index (χ1n) is 3.42. The van der Waals surface area contributed by atoms with Crippen LogP contribution in [0.25, 0.3) is 0 Å². The molecule has 0 aliphatic carbocycles. The largest absolute Gasteiger partial charge is 0.303 e. The quantitative estimate of drug-likeness (QED) is 0.744. The summed E-state index contributed by atoms with van der Waals surface area (Å²) in [5.74, 6) is 0. The van der Waals surface area contributed by atoms with Gasteiger partial charge in [-0.15, -0.1) is 0 Å². The molecule has 0 saturated heterocycles. The number of hydrogen-bond donors (Lipinski definition) is 0. The van der Waals surface area contributed by atoms with Crippen LogP contribution in [-0.4, -0.2) is 28.8 Å². The van der Waals surface area contributed by atoms with Crippen LogP contribution in [0.1, 0.15) is 5.69 Å². The predicted molar refractivity (Wildman–Crippen MR) is 48.3 cm³/mol. The minimum Gasteiger partial charge on any atom is -0.303 e. The van der Waals surface area contributed by atoms with E-state index in [0.29, 0.717) is 0 Å². The molecule has 0 unspecified atom stereocenters. The molecule has 0 fully saturated rings. The normalized spacial score (nSPS) is 11.0. The highest BCUT2D eigenvalue weighted by atomic mass is 79.9. The molecule has 0 saturated carbocycles. The molecule has 0 spiro atoms. The van der Waals surface area contributed by atoms with Gasteiger partial charge in [0.05, 0.1) is 10.2 Å². The maximum Gasteiger partial charge on any atom is 0.0906 e. The lowest BCUT2D eigenvalue weighted by Gasteiger charge is -2.06. The summed E-state index contributed by atoms with van der Waals surface area (Å²) < 4.78 is 2.89. The number of aromatic nitrogens is 2. The van der Waals surface area contributed by atoms with Crippen molar-refractivity contribution >= 4 is 15.9 Å². The zero-order valence-electron chi connectivity index (χ0n) is 7.00. The smallest absolute Gasteiger partial charge is 0.0906 e. The second-order valence-corrected chi connectivity index (χ2v) is 3.69. The molecule has 4 heteroatoms. The molecule has 1 rings (SSSR count). The molecule has 11 heavy (non-hydrogen) atoms. The Morgan fingerprint density at radius 3 is 2.64 bits per heavy atom. The average Bonchev–Trinajstić information content (AvgIpc) is 2.09. The summed E-state index contributed by atoms with van der Waals surface area (Å²) in [5, 5.41) is 4.28. The second-order valence-electron chi connectivity index (χ2n) is 2.84. The van der Waals surface area contributed by atoms with Crippen LogP contribution in [-0.2, 0) is 13.6 Å². The molecule has 3 nitrogen and oxygen atoms in total. The molecule has 0 aromatic carbocycles. The molecule has 1 heterocycles. The van der Waals surface area contributed by atoms with E-state index < -0.39 is 0 Å². The van der Waals surface area contributed by atoms with Crippen molar-refractivity contribution in [1.82, 2.24) is 14.7 Å². The standard InChI is InChI=1S/C7H12BrN3/c1-10(2)5-7-6(8)4-11(3)9-7/h4H,5H2,1-3H3. The summed E-state index contributed by atoms with van der Waals surface area (Å²) in [5.41, 5.74) is 1.08. The van der Waals surface area contributed by atoms with Gasteiger partial charge in [-0.1, -0.05) is 0 Å². The van der Waals surface area contributed by atoms with Gasteiger partial charge in [0, 0.05) is 19.8 Å². The highest BCUT2D eigenvalue weighted by Gasteiger charge is 2.04. The molecule has 0 aliphatic heterocycles. The van der Waals surface area contributed by atoms with Gasteiger partial charge in [-0.2, -0.15) is 5.10 Å². The third-order valence-electron chi connectivity index (χ3n) is 1.32. The predicted octanol–water partition coefficient (Wildman–Crippen LogP) is 1.24. The van der Waals surface area contributed by atoms with Crippen molar-refractivity contribution in [2.75, 3.05) is 14.1 Å². The lowest BCUT2D eigenvalue weighted by atomic mass is 10.4. The summed E-state index contributed by atoms with van der Waals surface area (Å²) in [4.78, 5) is 2.09. The Labute approximate surface area is 75.1 Å². The Morgan fingerprint density at radius 2 is 2.27 bits per heavy atom. The lowest BCUT2D eigenvalue weighted by molar-refractivity contribution is 0.394. The van der Waals surface area contributed by atoms with Crippen molar-refractivity contribution in [2.45, 2.75) is 6.54 Å². The monoisotopic (exact) mass is 217 g/mol. The average molecular weight is 218 g/mol. The molecular weight excluding hydrogens is 206 g/mol. The first kappa shape index (κ1) is 8.74. The molecular formula is C7H12BrN3. The van der Waals surface area contributed by atoms with Crippen LogP contribution < -0.4 is 0 Å². The zero-order chi connectivity index (χ0) is 8.43. The molecule has 62 valence electrons. The Bertz CT molecular complexity index is 242. The van der Waals surface area contributed by atoms with Crippen LogP contribution in [0.2, 0.25) is 0 Å². The van der Waals surface area contributed by atoms with Gasteiger partial charge in [-0.3, -0.25) is 4.68 Å². The minimum atomic E-state index is 0.876. The maximum absolute atomic E-state index is 4.28. The summed E-state index contributed by atoms with van der Waals surface area (Å²) >= 11 is 3.44. The summed E-state index contributed by atoms with van der Waals surface area (Å²) in [7, 11) is 5.98. The van der Waals surface area contributed by atoms with E-state index in [1.807, 2.05) is 32.0 Å². The van der Waals surface area contributed by atoms with Crippen molar-refractivity contribution < 1.29 is 0 Å². The number of halogens is 1. The first-order valence-corrected chi connectivity index (χ1v) is 4.21. The summed E-state index contributed by atoms with van der Waals surface area (Å²) in [6.45, 7) is 0.876. The van der Waals surface area contributed by atoms with Crippen molar-refractivity contribution in [3.05, 3.63) is 16.4 Å². The molecule has 1 aromatic heterocycles. The molecule has 0 amide bonds. The van der Waals surface area contributed by atoms with E-state index >= 15 is 0 Å². The Kier molecular flexibility index (Phi) is 2.67. The summed E-state index contributed by atoms with van der Waals surface area (Å²) in [6, 6.07) is 0. The van der Waals surface area contributed by atoms with E-state index in [0.717, 1.165) is 16.7 Å². The number of aryl methyl sites for hydroxylation is 1. The van der Waals surface area contributed by atoms with Crippen LogP contribution in [0, 0.1) is 0 Å². The first-order chi connectivity index (χ1) is 5.09. The molecule has 0 radical (unpaired) electrons. The third-order valence-corrected chi connectivity index (χ3v) is 1.98. The summed E-state index contributed by atoms with van der Waals surface area (Å²) in [6.07, 6.45) is 1.96. The van der Waals surface area contributed by atoms with Crippen LogP contribution in [0.4, 0.5) is 0 Å². The van der Waals surface area contributed by atoms with Gasteiger partial charge in [-0.05, 0) is 30.0 Å². The molecule has 0 bridgehead atoms. The fraction of sp³-hybridized carbons (Fsp3) is 0.571. The molecule has 1 aromatic rings. The number of hydrogen-bond acceptors (Lipinski definition) is 2. The van der Waals surface area contributed by atoms with Gasteiger partial charge in [-0.25, -0.2) is 0 Å². The van der Waals surface area contributed by atoms with Gasteiger partial charge in [0.25, 0.3) is 0 Å². The lowest BCUT2D eigenvalue weighted by Crippen LogP contribution is -2.11. The SMILES string of the molecule is CN(C)Cc1nn(C)cc1Br. The fourth-order valence-corrected chi connectivity index (χ4v) is 1.41. The van der Waals surface area contributed by atoms with Crippen molar-refractivity contribution in [3.63, 3.8) is 0 Å². The van der Waals surface area contributed by atoms with Crippen LogP contribution in [0.15, 0.2) is 10.7 Å². The van der Waals surface area contributed by atoms with E-state index in [9.17, 15) is 0 Å². The maximum atomic E-state index is 4.28. The van der Waals surface area contributed by atoms with E-state index in [4.69, 9.17) is 0 Å². The van der Waals surface area contributed by atoms with E-state index in [1.165, 1.54) is 0 Å². The van der Waals surface area contributed by atoms with E-state index in [-0.39, 0.29) is 0 Å². The highest BCUT2D eigenvalue weighted by Crippen LogP contribution is 2.14. The molecule has 0 N–H and O–H groups in total. The Hall–Kier alpha value is -0.350.